The van der Waals surface area contributed by atoms with Gasteiger partial charge in [-0.2, -0.15) is 0 Å². The zero-order chi connectivity index (χ0) is 11.5. The van der Waals surface area contributed by atoms with Gasteiger partial charge in [0.1, 0.15) is 0 Å². The highest BCUT2D eigenvalue weighted by molar-refractivity contribution is 5.85. The number of benzene rings is 1. The Labute approximate surface area is 89.7 Å². The Kier molecular flexibility index (Phi) is 8.00. The van der Waals surface area contributed by atoms with E-state index in [9.17, 15) is 4.79 Å². The van der Waals surface area contributed by atoms with Crippen molar-refractivity contribution in [2.45, 2.75) is 13.3 Å². The van der Waals surface area contributed by atoms with E-state index in [0.29, 0.717) is 6.42 Å². The average molecular weight is 208 g/mol. The minimum Gasteiger partial charge on any atom is -0.478 e. The third-order valence-electron chi connectivity index (χ3n) is 1.58. The number of carboxylic acid groups (broad SMARTS) is 1. The molecule has 0 saturated carbocycles. The van der Waals surface area contributed by atoms with E-state index >= 15 is 0 Å². The van der Waals surface area contributed by atoms with Crippen LogP contribution in [-0.4, -0.2) is 22.8 Å². The maximum atomic E-state index is 10.1. The first-order chi connectivity index (χ1) is 7.18. The summed E-state index contributed by atoms with van der Waals surface area (Å²) in [5.41, 5.74) is 0.282. The van der Waals surface area contributed by atoms with Crippen LogP contribution in [0.25, 0.3) is 0 Å². The lowest BCUT2D eigenvalue weighted by Crippen LogP contribution is -1.95. The largest absolute Gasteiger partial charge is 0.478 e. The highest BCUT2D eigenvalue weighted by Crippen LogP contribution is 1.93. The van der Waals surface area contributed by atoms with Crippen LogP contribution < -0.4 is 0 Å². The molecule has 0 aliphatic carbocycles. The topological polar surface area (TPSA) is 57.5 Å². The van der Waals surface area contributed by atoms with Gasteiger partial charge in [0.25, 0.3) is 0 Å². The highest BCUT2D eigenvalue weighted by Gasteiger charge is 1.96. The molecular formula is C12H16O3. The fraction of sp³-hybridized carbons (Fsp3) is 0.250. The molecule has 0 fully saturated rings. The van der Waals surface area contributed by atoms with Gasteiger partial charge < -0.3 is 10.2 Å². The van der Waals surface area contributed by atoms with Gasteiger partial charge >= 0.3 is 5.97 Å². The van der Waals surface area contributed by atoms with E-state index in [1.807, 2.05) is 36.4 Å². The third kappa shape index (κ3) is 8.71. The molecule has 0 spiro atoms. The lowest BCUT2D eigenvalue weighted by Gasteiger charge is -1.89. The first-order valence-electron chi connectivity index (χ1n) is 4.69. The van der Waals surface area contributed by atoms with Gasteiger partial charge in [0.15, 0.2) is 0 Å². The van der Waals surface area contributed by atoms with E-state index in [0.717, 1.165) is 0 Å². The summed E-state index contributed by atoms with van der Waals surface area (Å²) in [6.45, 7) is 1.50. The molecule has 0 unspecified atom stereocenters. The summed E-state index contributed by atoms with van der Waals surface area (Å²) in [6, 6.07) is 12.0. The Morgan fingerprint density at radius 2 is 1.53 bits per heavy atom. The lowest BCUT2D eigenvalue weighted by atomic mass is 10.2. The molecule has 0 bridgehead atoms. The number of carboxylic acids is 1. The second-order valence-corrected chi connectivity index (χ2v) is 2.86. The zero-order valence-corrected chi connectivity index (χ0v) is 8.76. The van der Waals surface area contributed by atoms with Crippen LogP contribution in [0.2, 0.25) is 0 Å². The molecule has 3 heteroatoms. The minimum absolute atomic E-state index is 0.00458. The van der Waals surface area contributed by atoms with Gasteiger partial charge in [-0.3, -0.25) is 0 Å². The van der Waals surface area contributed by atoms with E-state index < -0.39 is 5.97 Å². The fourth-order valence-corrected chi connectivity index (χ4v) is 0.753. The number of aliphatic carboxylic acids is 1. The van der Waals surface area contributed by atoms with Crippen LogP contribution in [0, 0.1) is 0 Å². The Balaban J connectivity index is 0.000000280. The van der Waals surface area contributed by atoms with E-state index in [-0.39, 0.29) is 12.2 Å². The molecule has 0 saturated heterocycles. The maximum absolute atomic E-state index is 10.1. The van der Waals surface area contributed by atoms with Crippen LogP contribution >= 0.6 is 0 Å². The van der Waals surface area contributed by atoms with Crippen molar-refractivity contribution in [2.24, 2.45) is 0 Å². The van der Waals surface area contributed by atoms with Gasteiger partial charge in [0, 0.05) is 12.2 Å². The number of aliphatic hydroxyl groups excluding tert-OH is 1. The number of hydrogen-bond donors (Lipinski definition) is 2. The van der Waals surface area contributed by atoms with Gasteiger partial charge in [0.2, 0.25) is 0 Å². The van der Waals surface area contributed by atoms with E-state index in [4.69, 9.17) is 10.2 Å². The van der Waals surface area contributed by atoms with Crippen LogP contribution in [-0.2, 0) is 4.79 Å². The summed E-state index contributed by atoms with van der Waals surface area (Å²) in [4.78, 5) is 10.1. The molecule has 2 N–H and O–H groups in total. The smallest absolute Gasteiger partial charge is 0.330 e. The molecule has 1 aromatic rings. The van der Waals surface area contributed by atoms with Crippen LogP contribution in [0.15, 0.2) is 48.0 Å². The normalized spacial score (nSPS) is 10.1. The third-order valence-corrected chi connectivity index (χ3v) is 1.58. The van der Waals surface area contributed by atoms with Crippen LogP contribution in [0.1, 0.15) is 13.3 Å². The Bertz CT molecular complexity index is 264. The second-order valence-electron chi connectivity index (χ2n) is 2.86. The number of hydrogen-bond acceptors (Lipinski definition) is 2. The van der Waals surface area contributed by atoms with Crippen molar-refractivity contribution in [3.05, 3.63) is 48.0 Å². The zero-order valence-electron chi connectivity index (χ0n) is 8.76. The molecule has 0 heterocycles. The monoisotopic (exact) mass is 208 g/mol. The van der Waals surface area contributed by atoms with Crippen LogP contribution in [0.4, 0.5) is 0 Å². The number of aliphatic hydroxyl groups is 1. The van der Waals surface area contributed by atoms with Crippen molar-refractivity contribution in [1.29, 1.82) is 0 Å². The molecule has 0 atom stereocenters. The molecule has 82 valence electrons. The van der Waals surface area contributed by atoms with Crippen LogP contribution in [0.3, 0.4) is 0 Å². The van der Waals surface area contributed by atoms with Crippen molar-refractivity contribution in [3.63, 3.8) is 0 Å². The lowest BCUT2D eigenvalue weighted by molar-refractivity contribution is -0.132. The van der Waals surface area contributed by atoms with E-state index in [1.54, 1.807) is 0 Å². The summed E-state index contributed by atoms with van der Waals surface area (Å²) in [5, 5.41) is 16.5. The Hall–Kier alpha value is -1.61. The Morgan fingerprint density at radius 3 is 1.80 bits per heavy atom. The van der Waals surface area contributed by atoms with Crippen molar-refractivity contribution >= 4 is 5.97 Å². The summed E-state index contributed by atoms with van der Waals surface area (Å²) >= 11 is 0. The molecule has 0 amide bonds. The summed E-state index contributed by atoms with van der Waals surface area (Å²) < 4.78 is 0. The molecule has 3 nitrogen and oxygen atoms in total. The molecule has 15 heavy (non-hydrogen) atoms. The molecule has 1 rings (SSSR count). The standard InChI is InChI=1S/C6H10O3.C6H6/c1-5(6(8)9)3-2-4-7;1-2-4-6-5-3-1/h3,7H,2,4H2,1H3,(H,8,9);1-6H. The molecule has 0 aliphatic rings. The quantitative estimate of drug-likeness (QED) is 0.748. The number of carbonyl (C=O) groups is 1. The first kappa shape index (κ1) is 13.4. The molecule has 0 radical (unpaired) electrons. The Morgan fingerprint density at radius 1 is 1.13 bits per heavy atom. The second kappa shape index (κ2) is 8.97. The minimum atomic E-state index is -0.927. The molecule has 0 aromatic heterocycles. The number of rotatable bonds is 3. The van der Waals surface area contributed by atoms with E-state index in [1.165, 1.54) is 13.0 Å². The predicted molar refractivity (Wildman–Crippen MR) is 59.5 cm³/mol. The van der Waals surface area contributed by atoms with Crippen molar-refractivity contribution in [3.8, 4) is 0 Å². The van der Waals surface area contributed by atoms with Crippen molar-refractivity contribution in [1.82, 2.24) is 0 Å². The summed E-state index contributed by atoms with van der Waals surface area (Å²) in [5.74, 6) is -0.927. The van der Waals surface area contributed by atoms with Crippen molar-refractivity contribution in [2.75, 3.05) is 6.61 Å². The van der Waals surface area contributed by atoms with Gasteiger partial charge in [-0.15, -0.1) is 0 Å². The SMILES string of the molecule is CC(=CCCO)C(=O)O.c1ccccc1. The average Bonchev–Trinajstić information content (AvgIpc) is 2.29. The van der Waals surface area contributed by atoms with Gasteiger partial charge in [0.05, 0.1) is 0 Å². The molecular weight excluding hydrogens is 192 g/mol. The van der Waals surface area contributed by atoms with Crippen molar-refractivity contribution < 1.29 is 15.0 Å². The maximum Gasteiger partial charge on any atom is 0.330 e. The van der Waals surface area contributed by atoms with Crippen LogP contribution in [0.5, 0.6) is 0 Å². The van der Waals surface area contributed by atoms with E-state index in [2.05, 4.69) is 0 Å². The van der Waals surface area contributed by atoms with Gasteiger partial charge in [-0.1, -0.05) is 42.5 Å². The predicted octanol–water partition coefficient (Wildman–Crippen LogP) is 2.09. The fourth-order valence-electron chi connectivity index (χ4n) is 0.753. The van der Waals surface area contributed by atoms with Gasteiger partial charge in [-0.05, 0) is 13.3 Å². The highest BCUT2D eigenvalue weighted by atomic mass is 16.4. The van der Waals surface area contributed by atoms with Gasteiger partial charge in [-0.25, -0.2) is 4.79 Å². The summed E-state index contributed by atoms with van der Waals surface area (Å²) in [6.07, 6.45) is 1.90. The molecule has 1 aromatic carbocycles. The molecule has 0 aliphatic heterocycles. The summed E-state index contributed by atoms with van der Waals surface area (Å²) in [7, 11) is 0. The first-order valence-corrected chi connectivity index (χ1v) is 4.69.